The van der Waals surface area contributed by atoms with Gasteiger partial charge in [0.15, 0.2) is 5.84 Å². The number of nitrogens with one attached hydrogen (secondary N) is 1. The van der Waals surface area contributed by atoms with Gasteiger partial charge in [0.25, 0.3) is 0 Å². The van der Waals surface area contributed by atoms with E-state index >= 15 is 0 Å². The van der Waals surface area contributed by atoms with Crippen LogP contribution in [0.1, 0.15) is 49.2 Å². The van der Waals surface area contributed by atoms with Crippen molar-refractivity contribution in [3.05, 3.63) is 16.1 Å². The van der Waals surface area contributed by atoms with Gasteiger partial charge in [0.2, 0.25) is 5.91 Å². The first-order chi connectivity index (χ1) is 10.1. The van der Waals surface area contributed by atoms with Crippen LogP contribution in [0.15, 0.2) is 10.5 Å². The van der Waals surface area contributed by atoms with Gasteiger partial charge in [0.1, 0.15) is 5.41 Å². The predicted molar refractivity (Wildman–Crippen MR) is 82.2 cm³/mol. The van der Waals surface area contributed by atoms with Crippen LogP contribution in [0.5, 0.6) is 0 Å². The summed E-state index contributed by atoms with van der Waals surface area (Å²) in [5.41, 5.74) is 5.81. The number of hydrogen-bond acceptors (Lipinski definition) is 5. The Hall–Kier alpha value is -1.63. The fraction of sp³-hybridized carbons (Fsp3) is 0.643. The zero-order valence-electron chi connectivity index (χ0n) is 12.3. The van der Waals surface area contributed by atoms with Gasteiger partial charge in [-0.15, -0.1) is 11.3 Å². The number of aryl methyl sites for hydroxylation is 1. The molecule has 1 aromatic rings. The van der Waals surface area contributed by atoms with Crippen LogP contribution in [0, 0.1) is 12.3 Å². The number of carbonyl (C=O) groups is 1. The predicted octanol–water partition coefficient (Wildman–Crippen LogP) is 2.15. The minimum absolute atomic E-state index is 0.0244. The van der Waals surface area contributed by atoms with Gasteiger partial charge in [0, 0.05) is 5.38 Å². The molecule has 1 aliphatic carbocycles. The second-order valence-electron chi connectivity index (χ2n) is 5.52. The molecule has 21 heavy (non-hydrogen) atoms. The molecule has 1 aliphatic rings. The molecule has 116 valence electrons. The van der Waals surface area contributed by atoms with Crippen LogP contribution < -0.4 is 11.1 Å². The summed E-state index contributed by atoms with van der Waals surface area (Å²) >= 11 is 1.55. The molecule has 1 saturated carbocycles. The van der Waals surface area contributed by atoms with Gasteiger partial charge in [-0.1, -0.05) is 30.8 Å². The summed E-state index contributed by atoms with van der Waals surface area (Å²) in [5, 5.41) is 18.0. The van der Waals surface area contributed by atoms with E-state index in [4.69, 9.17) is 10.9 Å². The van der Waals surface area contributed by atoms with E-state index < -0.39 is 5.41 Å². The van der Waals surface area contributed by atoms with Crippen molar-refractivity contribution in [1.82, 2.24) is 10.3 Å². The molecule has 6 nitrogen and oxygen atoms in total. The van der Waals surface area contributed by atoms with E-state index in [1.807, 2.05) is 12.3 Å². The molecule has 0 atom stereocenters. The van der Waals surface area contributed by atoms with Crippen LogP contribution >= 0.6 is 11.3 Å². The summed E-state index contributed by atoms with van der Waals surface area (Å²) in [7, 11) is 0. The molecule has 1 aromatic heterocycles. The number of hydrogen-bond donors (Lipinski definition) is 3. The average molecular weight is 310 g/mol. The van der Waals surface area contributed by atoms with E-state index in [9.17, 15) is 4.79 Å². The molecule has 0 saturated heterocycles. The molecular formula is C14H22N4O2S. The molecule has 0 bridgehead atoms. The lowest BCUT2D eigenvalue weighted by molar-refractivity contribution is -0.128. The summed E-state index contributed by atoms with van der Waals surface area (Å²) < 4.78 is 0. The van der Waals surface area contributed by atoms with E-state index in [-0.39, 0.29) is 11.7 Å². The molecule has 0 aromatic carbocycles. The van der Waals surface area contributed by atoms with Crippen LogP contribution in [0.4, 0.5) is 0 Å². The largest absolute Gasteiger partial charge is 0.409 e. The minimum atomic E-state index is -0.879. The topological polar surface area (TPSA) is 101 Å². The van der Waals surface area contributed by atoms with Gasteiger partial charge in [-0.3, -0.25) is 4.79 Å². The first-order valence-electron chi connectivity index (χ1n) is 7.26. The maximum Gasteiger partial charge on any atom is 0.234 e. The highest BCUT2D eigenvalue weighted by molar-refractivity contribution is 7.09. The van der Waals surface area contributed by atoms with Crippen molar-refractivity contribution < 1.29 is 10.0 Å². The first kappa shape index (κ1) is 15.8. The van der Waals surface area contributed by atoms with E-state index in [0.29, 0.717) is 19.4 Å². The first-order valence-corrected chi connectivity index (χ1v) is 8.14. The average Bonchev–Trinajstić information content (AvgIpc) is 2.76. The molecule has 1 fully saturated rings. The number of rotatable bonds is 4. The zero-order chi connectivity index (χ0) is 15.3. The molecule has 0 aliphatic heterocycles. The molecule has 0 unspecified atom stereocenters. The van der Waals surface area contributed by atoms with Gasteiger partial charge in [-0.25, -0.2) is 4.98 Å². The Labute approximate surface area is 128 Å². The third kappa shape index (κ3) is 3.53. The Balaban J connectivity index is 2.10. The minimum Gasteiger partial charge on any atom is -0.409 e. The monoisotopic (exact) mass is 310 g/mol. The summed E-state index contributed by atoms with van der Waals surface area (Å²) in [6.45, 7) is 2.31. The van der Waals surface area contributed by atoms with E-state index in [2.05, 4.69) is 15.5 Å². The van der Waals surface area contributed by atoms with Crippen molar-refractivity contribution in [1.29, 1.82) is 0 Å². The van der Waals surface area contributed by atoms with Crippen molar-refractivity contribution >= 4 is 23.1 Å². The van der Waals surface area contributed by atoms with Crippen molar-refractivity contribution in [2.75, 3.05) is 0 Å². The van der Waals surface area contributed by atoms with Gasteiger partial charge < -0.3 is 16.3 Å². The van der Waals surface area contributed by atoms with Gasteiger partial charge in [-0.2, -0.15) is 0 Å². The molecule has 0 spiro atoms. The number of thiazole rings is 1. The van der Waals surface area contributed by atoms with Crippen LogP contribution in [-0.4, -0.2) is 21.9 Å². The van der Waals surface area contributed by atoms with Crippen molar-refractivity contribution in [3.63, 3.8) is 0 Å². The highest BCUT2D eigenvalue weighted by Crippen LogP contribution is 2.35. The fourth-order valence-corrected chi connectivity index (χ4v) is 3.47. The molecule has 0 radical (unpaired) electrons. The number of oxime groups is 1. The number of amides is 1. The van der Waals surface area contributed by atoms with Crippen molar-refractivity contribution in [3.8, 4) is 0 Å². The Kier molecular flexibility index (Phi) is 5.17. The van der Waals surface area contributed by atoms with E-state index in [1.54, 1.807) is 11.3 Å². The van der Waals surface area contributed by atoms with Crippen LogP contribution in [0.2, 0.25) is 0 Å². The number of nitrogens with two attached hydrogens (primary N) is 1. The highest BCUT2D eigenvalue weighted by atomic mass is 32.1. The third-order valence-electron chi connectivity index (χ3n) is 4.09. The quantitative estimate of drug-likeness (QED) is 0.261. The van der Waals surface area contributed by atoms with E-state index in [0.717, 1.165) is 36.4 Å². The van der Waals surface area contributed by atoms with Crippen LogP contribution in [0.25, 0.3) is 0 Å². The summed E-state index contributed by atoms with van der Waals surface area (Å²) in [6.07, 6.45) is 5.26. The lowest BCUT2D eigenvalue weighted by Crippen LogP contribution is -2.49. The normalized spacial score (nSPS) is 19.0. The second-order valence-corrected chi connectivity index (χ2v) is 6.58. The fourth-order valence-electron chi connectivity index (χ4n) is 2.86. The molecule has 1 amide bonds. The van der Waals surface area contributed by atoms with Crippen molar-refractivity contribution in [2.45, 2.75) is 52.0 Å². The lowest BCUT2D eigenvalue weighted by Gasteiger charge is -2.29. The maximum atomic E-state index is 12.6. The third-order valence-corrected chi connectivity index (χ3v) is 4.91. The Morgan fingerprint density at radius 3 is 2.67 bits per heavy atom. The molecular weight excluding hydrogens is 288 g/mol. The van der Waals surface area contributed by atoms with Gasteiger partial charge in [0.05, 0.1) is 17.2 Å². The van der Waals surface area contributed by atoms with E-state index in [1.165, 1.54) is 0 Å². The van der Waals surface area contributed by atoms with Crippen LogP contribution in [-0.2, 0) is 11.3 Å². The maximum absolute atomic E-state index is 12.6. The number of nitrogens with zero attached hydrogens (tertiary/aromatic N) is 2. The SMILES string of the molecule is Cc1nc(CNC(=O)C2(C(N)=NO)CCCCCC2)cs1. The second kappa shape index (κ2) is 6.89. The summed E-state index contributed by atoms with van der Waals surface area (Å²) in [6, 6.07) is 0. The standard InChI is InChI=1S/C14H22N4O2S/c1-10-17-11(9-21-10)8-16-13(19)14(12(15)18-20)6-4-2-3-5-7-14/h9,20H,2-8H2,1H3,(H2,15,18)(H,16,19). The number of amidine groups is 1. The summed E-state index contributed by atoms with van der Waals surface area (Å²) in [5.74, 6) is -0.137. The number of carbonyl (C=O) groups excluding carboxylic acids is 1. The van der Waals surface area contributed by atoms with Gasteiger partial charge in [-0.05, 0) is 19.8 Å². The smallest absolute Gasteiger partial charge is 0.234 e. The van der Waals surface area contributed by atoms with Crippen molar-refractivity contribution in [2.24, 2.45) is 16.3 Å². The lowest BCUT2D eigenvalue weighted by atomic mass is 9.78. The highest BCUT2D eigenvalue weighted by Gasteiger charge is 2.42. The number of aromatic nitrogens is 1. The summed E-state index contributed by atoms with van der Waals surface area (Å²) in [4.78, 5) is 17.0. The van der Waals surface area contributed by atoms with Gasteiger partial charge >= 0.3 is 0 Å². The zero-order valence-corrected chi connectivity index (χ0v) is 13.1. The van der Waals surface area contributed by atoms with Crippen LogP contribution in [0.3, 0.4) is 0 Å². The Morgan fingerprint density at radius 1 is 1.48 bits per heavy atom. The molecule has 7 heteroatoms. The molecule has 2 rings (SSSR count). The molecule has 1 heterocycles. The Morgan fingerprint density at radius 2 is 2.14 bits per heavy atom. The molecule has 4 N–H and O–H groups in total. The Bertz CT molecular complexity index is 519.